The maximum atomic E-state index is 10.3. The van der Waals surface area contributed by atoms with E-state index in [2.05, 4.69) is 6.92 Å². The summed E-state index contributed by atoms with van der Waals surface area (Å²) in [7, 11) is 0. The van der Waals surface area contributed by atoms with Gasteiger partial charge in [0.05, 0.1) is 5.66 Å². The van der Waals surface area contributed by atoms with Crippen LogP contribution < -0.4 is 11.5 Å². The predicted molar refractivity (Wildman–Crippen MR) is 61.4 cm³/mol. The summed E-state index contributed by atoms with van der Waals surface area (Å²) >= 11 is 0. The molecule has 0 aromatic carbocycles. The second-order valence-corrected chi connectivity index (χ2v) is 4.29. The second-order valence-electron chi connectivity index (χ2n) is 4.29. The van der Waals surface area contributed by atoms with Crippen LogP contribution >= 0.6 is 0 Å². The molecule has 5 N–H and O–H groups in total. The minimum absolute atomic E-state index is 0.247. The molecule has 0 aromatic heterocycles. The molecule has 0 spiro atoms. The van der Waals surface area contributed by atoms with Crippen LogP contribution in [0.4, 0.5) is 0 Å². The number of carbonyl (C=O) groups is 1. The number of carboxylic acid groups (broad SMARTS) is 1. The highest BCUT2D eigenvalue weighted by atomic mass is 16.4. The van der Waals surface area contributed by atoms with Crippen molar-refractivity contribution in [2.75, 3.05) is 0 Å². The van der Waals surface area contributed by atoms with Gasteiger partial charge in [-0.1, -0.05) is 32.6 Å². The largest absolute Gasteiger partial charge is 0.481 e. The Hall–Kier alpha value is -0.610. The molecule has 0 heterocycles. The molecular formula is C11H24N2O2. The zero-order valence-electron chi connectivity index (χ0n) is 9.67. The molecule has 0 aliphatic rings. The minimum Gasteiger partial charge on any atom is -0.481 e. The van der Waals surface area contributed by atoms with Gasteiger partial charge in [-0.2, -0.15) is 0 Å². The maximum Gasteiger partial charge on any atom is 0.303 e. The van der Waals surface area contributed by atoms with E-state index in [-0.39, 0.29) is 6.42 Å². The van der Waals surface area contributed by atoms with Crippen molar-refractivity contribution in [3.63, 3.8) is 0 Å². The Morgan fingerprint density at radius 2 is 1.73 bits per heavy atom. The first-order chi connectivity index (χ1) is 6.98. The van der Waals surface area contributed by atoms with Crippen molar-refractivity contribution >= 4 is 5.97 Å². The molecule has 0 radical (unpaired) electrons. The zero-order valence-corrected chi connectivity index (χ0v) is 9.67. The van der Waals surface area contributed by atoms with E-state index in [9.17, 15) is 4.79 Å². The number of rotatable bonds is 9. The Balaban J connectivity index is 3.43. The van der Waals surface area contributed by atoms with Crippen LogP contribution in [0, 0.1) is 0 Å². The van der Waals surface area contributed by atoms with E-state index in [0.29, 0.717) is 0 Å². The van der Waals surface area contributed by atoms with Crippen molar-refractivity contribution in [1.82, 2.24) is 0 Å². The third kappa shape index (κ3) is 9.69. The van der Waals surface area contributed by atoms with Crippen LogP contribution in [0.25, 0.3) is 0 Å². The Labute approximate surface area is 92.0 Å². The van der Waals surface area contributed by atoms with Crippen molar-refractivity contribution in [3.8, 4) is 0 Å². The first-order valence-electron chi connectivity index (χ1n) is 5.77. The molecule has 0 rings (SSSR count). The third-order valence-electron chi connectivity index (χ3n) is 2.53. The standard InChI is InChI=1S/C11H24N2O2/c1-2-3-8-11(12,13)9-6-4-5-7-10(14)15/h2-9,12-13H2,1H3,(H,14,15). The van der Waals surface area contributed by atoms with E-state index in [1.807, 2.05) is 0 Å². The topological polar surface area (TPSA) is 89.3 Å². The lowest BCUT2D eigenvalue weighted by Gasteiger charge is -2.24. The Morgan fingerprint density at radius 1 is 1.13 bits per heavy atom. The number of carboxylic acids is 1. The fourth-order valence-electron chi connectivity index (χ4n) is 1.54. The summed E-state index contributed by atoms with van der Waals surface area (Å²) in [6.07, 6.45) is 6.58. The summed E-state index contributed by atoms with van der Waals surface area (Å²) < 4.78 is 0. The van der Waals surface area contributed by atoms with Crippen LogP contribution in [-0.2, 0) is 4.79 Å². The van der Waals surface area contributed by atoms with Crippen LogP contribution in [-0.4, -0.2) is 16.7 Å². The highest BCUT2D eigenvalue weighted by molar-refractivity contribution is 5.66. The molecule has 4 nitrogen and oxygen atoms in total. The monoisotopic (exact) mass is 216 g/mol. The summed E-state index contributed by atoms with van der Waals surface area (Å²) in [4.78, 5) is 10.3. The molecule has 4 heteroatoms. The number of hydrogen-bond donors (Lipinski definition) is 3. The molecule has 0 aliphatic heterocycles. The van der Waals surface area contributed by atoms with Crippen molar-refractivity contribution in [1.29, 1.82) is 0 Å². The summed E-state index contributed by atoms with van der Waals surface area (Å²) in [5.41, 5.74) is 11.3. The quantitative estimate of drug-likeness (QED) is 0.405. The van der Waals surface area contributed by atoms with E-state index in [1.54, 1.807) is 0 Å². The van der Waals surface area contributed by atoms with Crippen LogP contribution in [0.1, 0.15) is 58.3 Å². The van der Waals surface area contributed by atoms with E-state index >= 15 is 0 Å². The first-order valence-corrected chi connectivity index (χ1v) is 5.77. The molecule has 15 heavy (non-hydrogen) atoms. The predicted octanol–water partition coefficient (Wildman–Crippen LogP) is 1.83. The van der Waals surface area contributed by atoms with Crippen molar-refractivity contribution in [2.24, 2.45) is 11.5 Å². The highest BCUT2D eigenvalue weighted by Gasteiger charge is 2.17. The Bertz CT molecular complexity index is 181. The Kier molecular flexibility index (Phi) is 7.34. The molecule has 90 valence electrons. The van der Waals surface area contributed by atoms with E-state index in [1.165, 1.54) is 0 Å². The lowest BCUT2D eigenvalue weighted by molar-refractivity contribution is -0.137. The van der Waals surface area contributed by atoms with E-state index < -0.39 is 11.6 Å². The van der Waals surface area contributed by atoms with Gasteiger partial charge in [-0.05, 0) is 19.3 Å². The van der Waals surface area contributed by atoms with Gasteiger partial charge in [0.1, 0.15) is 0 Å². The second kappa shape index (κ2) is 7.65. The van der Waals surface area contributed by atoms with Crippen molar-refractivity contribution in [3.05, 3.63) is 0 Å². The van der Waals surface area contributed by atoms with Crippen molar-refractivity contribution in [2.45, 2.75) is 64.0 Å². The summed E-state index contributed by atoms with van der Waals surface area (Å²) in [5, 5.41) is 8.44. The fourth-order valence-corrected chi connectivity index (χ4v) is 1.54. The van der Waals surface area contributed by atoms with Gasteiger partial charge in [0.15, 0.2) is 0 Å². The molecule has 0 saturated heterocycles. The molecule has 0 aromatic rings. The van der Waals surface area contributed by atoms with Crippen molar-refractivity contribution < 1.29 is 9.90 Å². The van der Waals surface area contributed by atoms with Gasteiger partial charge in [0, 0.05) is 6.42 Å². The number of aliphatic carboxylic acids is 1. The minimum atomic E-state index is -0.729. The normalized spacial score (nSPS) is 11.7. The molecule has 0 saturated carbocycles. The average molecular weight is 216 g/mol. The summed E-state index contributed by atoms with van der Waals surface area (Å²) in [6.45, 7) is 2.11. The molecule has 0 fully saturated rings. The van der Waals surface area contributed by atoms with Gasteiger partial charge in [-0.3, -0.25) is 4.79 Å². The maximum absolute atomic E-state index is 10.3. The molecule has 0 unspecified atom stereocenters. The summed E-state index contributed by atoms with van der Waals surface area (Å²) in [5.74, 6) is -0.729. The van der Waals surface area contributed by atoms with Gasteiger partial charge in [0.2, 0.25) is 0 Å². The molecule has 0 amide bonds. The number of hydrogen-bond acceptors (Lipinski definition) is 3. The SMILES string of the molecule is CCCCC(N)(N)CCCCCC(=O)O. The van der Waals surface area contributed by atoms with E-state index in [0.717, 1.165) is 44.9 Å². The molecular weight excluding hydrogens is 192 g/mol. The zero-order chi connectivity index (χ0) is 11.7. The van der Waals surface area contributed by atoms with Gasteiger partial charge >= 0.3 is 5.97 Å². The fraction of sp³-hybridized carbons (Fsp3) is 0.909. The number of nitrogens with two attached hydrogens (primary N) is 2. The molecule has 0 bridgehead atoms. The molecule has 0 atom stereocenters. The summed E-state index contributed by atoms with van der Waals surface area (Å²) in [6, 6.07) is 0. The highest BCUT2D eigenvalue weighted by Crippen LogP contribution is 2.14. The van der Waals surface area contributed by atoms with Gasteiger partial charge < -0.3 is 16.6 Å². The molecule has 0 aliphatic carbocycles. The lowest BCUT2D eigenvalue weighted by atomic mass is 9.97. The van der Waals surface area contributed by atoms with Gasteiger partial charge in [0.25, 0.3) is 0 Å². The Morgan fingerprint density at radius 3 is 2.27 bits per heavy atom. The van der Waals surface area contributed by atoms with E-state index in [4.69, 9.17) is 16.6 Å². The van der Waals surface area contributed by atoms with Gasteiger partial charge in [-0.15, -0.1) is 0 Å². The van der Waals surface area contributed by atoms with Gasteiger partial charge in [-0.25, -0.2) is 0 Å². The number of unbranched alkanes of at least 4 members (excludes halogenated alkanes) is 3. The smallest absolute Gasteiger partial charge is 0.303 e. The average Bonchev–Trinajstić information content (AvgIpc) is 2.14. The van der Waals surface area contributed by atoms with Crippen LogP contribution in [0.15, 0.2) is 0 Å². The van der Waals surface area contributed by atoms with Crippen LogP contribution in [0.2, 0.25) is 0 Å². The van der Waals surface area contributed by atoms with Crippen LogP contribution in [0.5, 0.6) is 0 Å². The third-order valence-corrected chi connectivity index (χ3v) is 2.53. The van der Waals surface area contributed by atoms with Crippen LogP contribution in [0.3, 0.4) is 0 Å². The lowest BCUT2D eigenvalue weighted by Crippen LogP contribution is -2.49. The first kappa shape index (κ1) is 14.4.